The topological polar surface area (TPSA) is 67.4 Å². The molecule has 2 amide bonds. The fourth-order valence-electron chi connectivity index (χ4n) is 1.31. The lowest BCUT2D eigenvalue weighted by atomic mass is 10.2. The number of ether oxygens (including phenoxy) is 1. The number of carbonyl (C=O) groups excluding carboxylic acids is 2. The quantitative estimate of drug-likeness (QED) is 0.847. The Bertz CT molecular complexity index is 430. The van der Waals surface area contributed by atoms with Gasteiger partial charge in [0.15, 0.2) is 0 Å². The van der Waals surface area contributed by atoms with Crippen molar-refractivity contribution in [3.63, 3.8) is 0 Å². The van der Waals surface area contributed by atoms with Gasteiger partial charge in [0.1, 0.15) is 0 Å². The molecule has 5 heteroatoms. The number of carbonyl (C=O) groups is 2. The first kappa shape index (κ1) is 13.0. The highest BCUT2D eigenvalue weighted by Crippen LogP contribution is 2.20. The Labute approximate surface area is 100 Å². The smallest absolute Gasteiger partial charge is 0.411 e. The number of hydrogen-bond acceptors (Lipinski definition) is 3. The maximum absolute atomic E-state index is 11.3. The van der Waals surface area contributed by atoms with Crippen LogP contribution in [-0.4, -0.2) is 18.6 Å². The minimum absolute atomic E-state index is 0.157. The molecule has 17 heavy (non-hydrogen) atoms. The molecular weight excluding hydrogens is 220 g/mol. The molecule has 0 radical (unpaired) electrons. The molecule has 0 aliphatic carbocycles. The highest BCUT2D eigenvalue weighted by atomic mass is 16.5. The van der Waals surface area contributed by atoms with Gasteiger partial charge in [-0.2, -0.15) is 0 Å². The zero-order valence-corrected chi connectivity index (χ0v) is 10.2. The lowest BCUT2D eigenvalue weighted by molar-refractivity contribution is -0.114. The van der Waals surface area contributed by atoms with Crippen molar-refractivity contribution in [2.75, 3.05) is 17.2 Å². The van der Waals surface area contributed by atoms with Crippen molar-refractivity contribution in [1.29, 1.82) is 0 Å². The maximum atomic E-state index is 11.3. The summed E-state index contributed by atoms with van der Waals surface area (Å²) in [7, 11) is 0. The second-order valence-corrected chi connectivity index (χ2v) is 3.56. The number of rotatable bonds is 3. The highest BCUT2D eigenvalue weighted by molar-refractivity contribution is 5.91. The molecule has 1 rings (SSSR count). The van der Waals surface area contributed by atoms with Crippen LogP contribution >= 0.6 is 0 Å². The van der Waals surface area contributed by atoms with Crippen molar-refractivity contribution in [3.8, 4) is 0 Å². The molecule has 1 aromatic carbocycles. The molecule has 0 saturated heterocycles. The van der Waals surface area contributed by atoms with Crippen LogP contribution in [0.4, 0.5) is 16.2 Å². The second-order valence-electron chi connectivity index (χ2n) is 3.56. The predicted octanol–water partition coefficient (Wildman–Crippen LogP) is 2.52. The summed E-state index contributed by atoms with van der Waals surface area (Å²) in [4.78, 5) is 22.2. The third-order valence-corrected chi connectivity index (χ3v) is 2.07. The van der Waals surface area contributed by atoms with Crippen molar-refractivity contribution in [2.45, 2.75) is 20.8 Å². The first-order valence-corrected chi connectivity index (χ1v) is 5.35. The summed E-state index contributed by atoms with van der Waals surface area (Å²) in [5, 5.41) is 5.26. The standard InChI is InChI=1S/C12H16N2O3/c1-4-17-12(16)14-11-7-10(13-9(3)15)6-5-8(11)2/h5-7H,4H2,1-3H3,(H,13,15)(H,14,16). The Morgan fingerprint density at radius 2 is 2.00 bits per heavy atom. The summed E-state index contributed by atoms with van der Waals surface area (Å²) in [5.74, 6) is -0.157. The van der Waals surface area contributed by atoms with Gasteiger partial charge in [-0.1, -0.05) is 6.07 Å². The van der Waals surface area contributed by atoms with E-state index in [-0.39, 0.29) is 5.91 Å². The molecule has 0 aliphatic rings. The van der Waals surface area contributed by atoms with Gasteiger partial charge in [-0.3, -0.25) is 10.1 Å². The van der Waals surface area contributed by atoms with Gasteiger partial charge in [-0.05, 0) is 31.5 Å². The SMILES string of the molecule is CCOC(=O)Nc1cc(NC(C)=O)ccc1C. The Balaban J connectivity index is 2.83. The molecule has 0 aliphatic heterocycles. The zero-order valence-electron chi connectivity index (χ0n) is 10.2. The maximum Gasteiger partial charge on any atom is 0.411 e. The Kier molecular flexibility index (Phi) is 4.51. The Morgan fingerprint density at radius 1 is 1.29 bits per heavy atom. The van der Waals surface area contributed by atoms with Crippen LogP contribution in [0.25, 0.3) is 0 Å². The normalized spacial score (nSPS) is 9.59. The van der Waals surface area contributed by atoms with Crippen molar-refractivity contribution in [2.24, 2.45) is 0 Å². The van der Waals surface area contributed by atoms with Crippen LogP contribution in [0.3, 0.4) is 0 Å². The van der Waals surface area contributed by atoms with Crippen LogP contribution < -0.4 is 10.6 Å². The predicted molar refractivity (Wildman–Crippen MR) is 66.1 cm³/mol. The first-order valence-electron chi connectivity index (χ1n) is 5.35. The Morgan fingerprint density at radius 3 is 2.59 bits per heavy atom. The molecule has 0 saturated carbocycles. The van der Waals surface area contributed by atoms with E-state index in [1.807, 2.05) is 13.0 Å². The van der Waals surface area contributed by atoms with E-state index in [0.717, 1.165) is 5.56 Å². The van der Waals surface area contributed by atoms with Gasteiger partial charge in [0, 0.05) is 18.3 Å². The molecule has 0 atom stereocenters. The third-order valence-electron chi connectivity index (χ3n) is 2.07. The zero-order chi connectivity index (χ0) is 12.8. The molecule has 0 unspecified atom stereocenters. The summed E-state index contributed by atoms with van der Waals surface area (Å²) >= 11 is 0. The van der Waals surface area contributed by atoms with E-state index in [1.54, 1.807) is 19.1 Å². The number of benzene rings is 1. The van der Waals surface area contributed by atoms with E-state index >= 15 is 0 Å². The van der Waals surface area contributed by atoms with E-state index in [1.165, 1.54) is 6.92 Å². The van der Waals surface area contributed by atoms with Crippen molar-refractivity contribution in [1.82, 2.24) is 0 Å². The number of hydrogen-bond donors (Lipinski definition) is 2. The minimum atomic E-state index is -0.504. The summed E-state index contributed by atoms with van der Waals surface area (Å²) < 4.78 is 4.78. The van der Waals surface area contributed by atoms with E-state index in [0.29, 0.717) is 18.0 Å². The van der Waals surface area contributed by atoms with Crippen LogP contribution in [-0.2, 0) is 9.53 Å². The fraction of sp³-hybridized carbons (Fsp3) is 0.333. The fourth-order valence-corrected chi connectivity index (χ4v) is 1.31. The van der Waals surface area contributed by atoms with Crippen LogP contribution in [0.1, 0.15) is 19.4 Å². The molecule has 0 aromatic heterocycles. The van der Waals surface area contributed by atoms with Gasteiger partial charge in [-0.15, -0.1) is 0 Å². The van der Waals surface area contributed by atoms with Crippen LogP contribution in [0.5, 0.6) is 0 Å². The summed E-state index contributed by atoms with van der Waals surface area (Å²) in [6.45, 7) is 5.34. The van der Waals surface area contributed by atoms with Crippen molar-refractivity contribution in [3.05, 3.63) is 23.8 Å². The molecule has 0 heterocycles. The third kappa shape index (κ3) is 4.14. The van der Waals surface area contributed by atoms with Gasteiger partial charge in [0.2, 0.25) is 5.91 Å². The number of nitrogens with one attached hydrogen (secondary N) is 2. The van der Waals surface area contributed by atoms with E-state index < -0.39 is 6.09 Å². The van der Waals surface area contributed by atoms with Crippen molar-refractivity contribution < 1.29 is 14.3 Å². The Hall–Kier alpha value is -2.04. The summed E-state index contributed by atoms with van der Waals surface area (Å²) in [6, 6.07) is 5.27. The average Bonchev–Trinajstić information content (AvgIpc) is 2.22. The minimum Gasteiger partial charge on any atom is -0.450 e. The van der Waals surface area contributed by atoms with Crippen molar-refractivity contribution >= 4 is 23.4 Å². The van der Waals surface area contributed by atoms with Gasteiger partial charge < -0.3 is 10.1 Å². The van der Waals surface area contributed by atoms with Gasteiger partial charge in [0.25, 0.3) is 0 Å². The van der Waals surface area contributed by atoms with E-state index in [9.17, 15) is 9.59 Å². The van der Waals surface area contributed by atoms with Gasteiger partial charge in [-0.25, -0.2) is 4.79 Å². The van der Waals surface area contributed by atoms with E-state index in [2.05, 4.69) is 10.6 Å². The molecule has 92 valence electrons. The second kappa shape index (κ2) is 5.89. The number of amides is 2. The van der Waals surface area contributed by atoms with Crippen LogP contribution in [0.15, 0.2) is 18.2 Å². The number of aryl methyl sites for hydroxylation is 1. The molecule has 1 aromatic rings. The van der Waals surface area contributed by atoms with Crippen LogP contribution in [0, 0.1) is 6.92 Å². The number of anilines is 2. The lowest BCUT2D eigenvalue weighted by Crippen LogP contribution is -2.14. The molecular formula is C12H16N2O3. The summed E-state index contributed by atoms with van der Waals surface area (Å²) in [6.07, 6.45) is -0.504. The highest BCUT2D eigenvalue weighted by Gasteiger charge is 2.06. The molecule has 2 N–H and O–H groups in total. The molecule has 5 nitrogen and oxygen atoms in total. The summed E-state index contributed by atoms with van der Waals surface area (Å²) in [5.41, 5.74) is 2.15. The van der Waals surface area contributed by atoms with Crippen LogP contribution in [0.2, 0.25) is 0 Å². The van der Waals surface area contributed by atoms with E-state index in [4.69, 9.17) is 4.74 Å². The monoisotopic (exact) mass is 236 g/mol. The van der Waals surface area contributed by atoms with Gasteiger partial charge in [0.05, 0.1) is 6.61 Å². The molecule has 0 bridgehead atoms. The molecule has 0 fully saturated rings. The largest absolute Gasteiger partial charge is 0.450 e. The average molecular weight is 236 g/mol. The first-order chi connectivity index (χ1) is 8.02. The molecule has 0 spiro atoms. The van der Waals surface area contributed by atoms with Gasteiger partial charge >= 0.3 is 6.09 Å². The lowest BCUT2D eigenvalue weighted by Gasteiger charge is -2.10.